The minimum Gasteiger partial charge on any atom is -0.494 e. The molecule has 0 spiro atoms. The second-order valence-electron chi connectivity index (χ2n) is 8.64. The number of amides is 1. The van der Waals surface area contributed by atoms with Gasteiger partial charge < -0.3 is 10.1 Å². The number of piperidine rings is 1. The Hall–Kier alpha value is -3.43. The smallest absolute Gasteiger partial charge is 0.278 e. The molecule has 1 amide bonds. The van der Waals surface area contributed by atoms with Crippen LogP contribution in [0.5, 0.6) is 5.75 Å². The Morgan fingerprint density at radius 1 is 1.20 bits per heavy atom. The number of hydrogen-bond acceptors (Lipinski definition) is 8. The highest BCUT2D eigenvalue weighted by Gasteiger charge is 2.31. The van der Waals surface area contributed by atoms with Gasteiger partial charge >= 0.3 is 0 Å². The molecule has 0 unspecified atom stereocenters. The zero-order chi connectivity index (χ0) is 24.4. The van der Waals surface area contributed by atoms with Gasteiger partial charge in [-0.15, -0.1) is 10.2 Å². The number of anilines is 1. The molecule has 0 saturated carbocycles. The summed E-state index contributed by atoms with van der Waals surface area (Å²) in [7, 11) is 0. The van der Waals surface area contributed by atoms with Crippen molar-refractivity contribution in [3.63, 3.8) is 0 Å². The van der Waals surface area contributed by atoms with Crippen LogP contribution in [0.1, 0.15) is 40.8 Å². The van der Waals surface area contributed by atoms with E-state index in [1.807, 2.05) is 49.9 Å². The Kier molecular flexibility index (Phi) is 6.70. The number of aromatic nitrogens is 4. The van der Waals surface area contributed by atoms with Crippen LogP contribution in [0.2, 0.25) is 0 Å². The molecule has 3 aromatic heterocycles. The first-order chi connectivity index (χ1) is 17.0. The van der Waals surface area contributed by atoms with Crippen molar-refractivity contribution in [3.8, 4) is 16.3 Å². The van der Waals surface area contributed by atoms with Gasteiger partial charge in [-0.25, -0.2) is 4.98 Å². The Morgan fingerprint density at radius 3 is 2.77 bits per heavy atom. The van der Waals surface area contributed by atoms with Crippen LogP contribution in [0.25, 0.3) is 21.3 Å². The third kappa shape index (κ3) is 4.74. The second-order valence-corrected chi connectivity index (χ2v) is 9.82. The summed E-state index contributed by atoms with van der Waals surface area (Å²) in [5.74, 6) is 1.32. The molecule has 1 aliphatic heterocycles. The summed E-state index contributed by atoms with van der Waals surface area (Å²) in [6.07, 6.45) is 5.35. The number of pyridine rings is 2. The zero-order valence-corrected chi connectivity index (χ0v) is 20.9. The predicted octanol–water partition coefficient (Wildman–Crippen LogP) is 4.56. The van der Waals surface area contributed by atoms with E-state index in [0.29, 0.717) is 24.7 Å². The molecule has 0 aliphatic carbocycles. The highest BCUT2D eigenvalue weighted by atomic mass is 32.1. The Morgan fingerprint density at radius 2 is 2.09 bits per heavy atom. The largest absolute Gasteiger partial charge is 0.494 e. The lowest BCUT2D eigenvalue weighted by molar-refractivity contribution is 0.0967. The van der Waals surface area contributed by atoms with Crippen LogP contribution >= 0.6 is 11.3 Å². The van der Waals surface area contributed by atoms with Gasteiger partial charge in [-0.3, -0.25) is 14.7 Å². The molecule has 1 N–H and O–H groups in total. The molecule has 4 aromatic rings. The molecule has 1 saturated heterocycles. The van der Waals surface area contributed by atoms with Gasteiger partial charge in [-0.2, -0.15) is 0 Å². The molecule has 8 nitrogen and oxygen atoms in total. The fourth-order valence-electron chi connectivity index (χ4n) is 4.57. The van der Waals surface area contributed by atoms with Crippen molar-refractivity contribution in [3.05, 3.63) is 59.0 Å². The van der Waals surface area contributed by atoms with Crippen molar-refractivity contribution in [2.75, 3.05) is 24.6 Å². The fourth-order valence-corrected chi connectivity index (χ4v) is 5.26. The maximum atomic E-state index is 14.0. The fraction of sp³-hybridized carbons (Fsp3) is 0.346. The first-order valence-electron chi connectivity index (χ1n) is 11.9. The highest BCUT2D eigenvalue weighted by Crippen LogP contribution is 2.34. The molecule has 4 heterocycles. The van der Waals surface area contributed by atoms with Crippen molar-refractivity contribution in [2.24, 2.45) is 0 Å². The lowest BCUT2D eigenvalue weighted by atomic mass is 10.0. The van der Waals surface area contributed by atoms with E-state index in [1.54, 1.807) is 18.5 Å². The molecule has 0 bridgehead atoms. The number of fused-ring (bicyclic) bond motifs is 1. The molecule has 35 heavy (non-hydrogen) atoms. The molecular weight excluding hydrogens is 460 g/mol. The normalized spacial score (nSPS) is 15.8. The van der Waals surface area contributed by atoms with Crippen LogP contribution in [0, 0.1) is 13.8 Å². The van der Waals surface area contributed by atoms with Crippen LogP contribution in [0.15, 0.2) is 42.7 Å². The SMILES string of the molecule is CCOc1cc(C)c2c(N(C(=O)c3ccc(-c4nnc(C)s4)cn3)[C@@H]3CCCNC3)nccc2c1. The highest BCUT2D eigenvalue weighted by molar-refractivity contribution is 7.14. The zero-order valence-electron chi connectivity index (χ0n) is 20.1. The number of rotatable bonds is 6. The maximum Gasteiger partial charge on any atom is 0.278 e. The summed E-state index contributed by atoms with van der Waals surface area (Å²) in [5.41, 5.74) is 2.24. The number of hydrogen-bond donors (Lipinski definition) is 1. The predicted molar refractivity (Wildman–Crippen MR) is 138 cm³/mol. The molecule has 1 fully saturated rings. The summed E-state index contributed by atoms with van der Waals surface area (Å²) in [6.45, 7) is 8.18. The van der Waals surface area contributed by atoms with Gasteiger partial charge in [0, 0.05) is 29.9 Å². The molecule has 1 atom stereocenters. The summed E-state index contributed by atoms with van der Waals surface area (Å²) < 4.78 is 5.75. The minimum atomic E-state index is -0.160. The van der Waals surface area contributed by atoms with Crippen molar-refractivity contribution in [1.82, 2.24) is 25.5 Å². The third-order valence-corrected chi connectivity index (χ3v) is 7.05. The second kappa shape index (κ2) is 10.1. The first-order valence-corrected chi connectivity index (χ1v) is 12.7. The maximum absolute atomic E-state index is 14.0. The number of carbonyl (C=O) groups is 1. The molecule has 5 rings (SSSR count). The molecule has 1 aromatic carbocycles. The summed E-state index contributed by atoms with van der Waals surface area (Å²) in [6, 6.07) is 9.61. The standard InChI is InChI=1S/C26H28N6O2S/c1-4-34-21-12-16(2)23-18(13-21)9-11-28-24(23)32(20-6-5-10-27-15-20)26(33)22-8-7-19(14-29-22)25-31-30-17(3)35-25/h7-9,11-14,20,27H,4-6,10,15H2,1-3H3/t20-/m1/s1. The van der Waals surface area contributed by atoms with Crippen molar-refractivity contribution in [1.29, 1.82) is 0 Å². The molecular formula is C26H28N6O2S. The van der Waals surface area contributed by atoms with Gasteiger partial charge in [0.1, 0.15) is 27.3 Å². The molecule has 9 heteroatoms. The van der Waals surface area contributed by atoms with Crippen molar-refractivity contribution >= 4 is 33.8 Å². The number of nitrogens with zero attached hydrogens (tertiary/aromatic N) is 5. The van der Waals surface area contributed by atoms with Gasteiger partial charge in [0.2, 0.25) is 0 Å². The van der Waals surface area contributed by atoms with Gasteiger partial charge in [0.25, 0.3) is 5.91 Å². The molecule has 1 aliphatic rings. The number of carbonyl (C=O) groups excluding carboxylic acids is 1. The quantitative estimate of drug-likeness (QED) is 0.425. The number of nitrogens with one attached hydrogen (secondary N) is 1. The van der Waals surface area contributed by atoms with Crippen LogP contribution in [-0.4, -0.2) is 51.8 Å². The summed E-state index contributed by atoms with van der Waals surface area (Å²) in [5, 5.41) is 15.3. The number of benzene rings is 1. The Bertz CT molecular complexity index is 1350. The summed E-state index contributed by atoms with van der Waals surface area (Å²) in [4.78, 5) is 25.1. The molecule has 0 radical (unpaired) electrons. The van der Waals surface area contributed by atoms with E-state index < -0.39 is 0 Å². The van der Waals surface area contributed by atoms with Gasteiger partial charge in [-0.05, 0) is 81.4 Å². The van der Waals surface area contributed by atoms with Gasteiger partial charge in [-0.1, -0.05) is 11.3 Å². The summed E-state index contributed by atoms with van der Waals surface area (Å²) >= 11 is 1.50. The monoisotopic (exact) mass is 488 g/mol. The van der Waals surface area contributed by atoms with E-state index >= 15 is 0 Å². The van der Waals surface area contributed by atoms with Gasteiger partial charge in [0.15, 0.2) is 0 Å². The number of aryl methyl sites for hydroxylation is 2. The Balaban J connectivity index is 1.57. The van der Waals surface area contributed by atoms with E-state index in [1.165, 1.54) is 11.3 Å². The van der Waals surface area contributed by atoms with Crippen LogP contribution in [0.3, 0.4) is 0 Å². The number of ether oxygens (including phenoxy) is 1. The van der Waals surface area contributed by atoms with Crippen molar-refractivity contribution < 1.29 is 9.53 Å². The lowest BCUT2D eigenvalue weighted by Crippen LogP contribution is -2.49. The van der Waals surface area contributed by atoms with E-state index in [9.17, 15) is 4.79 Å². The van der Waals surface area contributed by atoms with E-state index in [4.69, 9.17) is 9.72 Å². The topological polar surface area (TPSA) is 93.1 Å². The van der Waals surface area contributed by atoms with Crippen LogP contribution in [0.4, 0.5) is 5.82 Å². The van der Waals surface area contributed by atoms with Crippen LogP contribution in [-0.2, 0) is 0 Å². The average molecular weight is 489 g/mol. The Labute approximate surface area is 208 Å². The first kappa shape index (κ1) is 23.3. The van der Waals surface area contributed by atoms with E-state index in [0.717, 1.165) is 57.1 Å². The van der Waals surface area contributed by atoms with Crippen molar-refractivity contribution in [2.45, 2.75) is 39.7 Å². The average Bonchev–Trinajstić information content (AvgIpc) is 3.31. The third-order valence-electron chi connectivity index (χ3n) is 6.16. The van der Waals surface area contributed by atoms with E-state index in [2.05, 4.69) is 20.5 Å². The van der Waals surface area contributed by atoms with E-state index in [-0.39, 0.29) is 11.9 Å². The van der Waals surface area contributed by atoms with Crippen LogP contribution < -0.4 is 15.0 Å². The molecule has 180 valence electrons. The minimum absolute atomic E-state index is 0.0207. The van der Waals surface area contributed by atoms with Gasteiger partial charge in [0.05, 0.1) is 12.6 Å². The lowest BCUT2D eigenvalue weighted by Gasteiger charge is -2.34.